The molecule has 0 unspecified atom stereocenters. The molecule has 36 heavy (non-hydrogen) atoms. The van der Waals surface area contributed by atoms with Crippen molar-refractivity contribution >= 4 is 46.6 Å². The van der Waals surface area contributed by atoms with Crippen molar-refractivity contribution in [3.63, 3.8) is 0 Å². The van der Waals surface area contributed by atoms with E-state index in [4.69, 9.17) is 5.11 Å². The summed E-state index contributed by atoms with van der Waals surface area (Å²) in [5, 5.41) is 18.0. The molecule has 1 fully saturated rings. The fourth-order valence-electron chi connectivity index (χ4n) is 3.59. The Balaban J connectivity index is 1.41. The predicted octanol–water partition coefficient (Wildman–Crippen LogP) is 2.98. The van der Waals surface area contributed by atoms with Gasteiger partial charge in [-0.2, -0.15) is 4.98 Å². The Hall–Kier alpha value is -4.09. The van der Waals surface area contributed by atoms with E-state index in [-0.39, 0.29) is 24.3 Å². The van der Waals surface area contributed by atoms with Gasteiger partial charge in [0, 0.05) is 49.8 Å². The molecule has 0 atom stereocenters. The largest absolute Gasteiger partial charge is 0.395 e. The molecule has 3 aromatic rings. The van der Waals surface area contributed by atoms with Gasteiger partial charge in [0.1, 0.15) is 0 Å². The summed E-state index contributed by atoms with van der Waals surface area (Å²) in [6, 6.07) is 14.4. The quantitative estimate of drug-likeness (QED) is 0.337. The number of aliphatic hydroxyl groups is 1. The van der Waals surface area contributed by atoms with Gasteiger partial charge in [0.05, 0.1) is 24.7 Å². The van der Waals surface area contributed by atoms with E-state index in [2.05, 4.69) is 35.8 Å². The number of hydrogen-bond donors (Lipinski definition) is 4. The molecule has 1 aromatic heterocycles. The van der Waals surface area contributed by atoms with Gasteiger partial charge in [0.25, 0.3) is 5.91 Å². The molecule has 11 heteroatoms. The van der Waals surface area contributed by atoms with Gasteiger partial charge in [-0.25, -0.2) is 9.37 Å². The van der Waals surface area contributed by atoms with E-state index in [0.29, 0.717) is 36.7 Å². The van der Waals surface area contributed by atoms with Gasteiger partial charge in [-0.3, -0.25) is 9.79 Å². The van der Waals surface area contributed by atoms with Gasteiger partial charge in [0.15, 0.2) is 11.6 Å². The van der Waals surface area contributed by atoms with Gasteiger partial charge in [-0.15, -0.1) is 0 Å². The SMILES string of the molecule is CN1CCN(C(=O)C=Nc2cccc(Nc3ncc(F)c(Nc4cccc(NCCO)c4)n3)c2)CC1. The molecule has 0 saturated carbocycles. The van der Waals surface area contributed by atoms with Crippen molar-refractivity contribution in [3.8, 4) is 0 Å². The average Bonchev–Trinajstić information content (AvgIpc) is 2.89. The minimum atomic E-state index is -0.602. The molecule has 0 bridgehead atoms. The molecule has 188 valence electrons. The Labute approximate surface area is 208 Å². The molecule has 1 aliphatic rings. The number of nitrogens with one attached hydrogen (secondary N) is 3. The Kier molecular flexibility index (Phi) is 8.37. The zero-order valence-corrected chi connectivity index (χ0v) is 20.0. The number of rotatable bonds is 9. The van der Waals surface area contributed by atoms with Crippen LogP contribution in [0.3, 0.4) is 0 Å². The fraction of sp³-hybridized carbons (Fsp3) is 0.280. The first kappa shape index (κ1) is 25.0. The van der Waals surface area contributed by atoms with E-state index < -0.39 is 5.82 Å². The number of hydrogen-bond acceptors (Lipinski definition) is 9. The molecule has 10 nitrogen and oxygen atoms in total. The van der Waals surface area contributed by atoms with Crippen molar-refractivity contribution in [2.45, 2.75) is 0 Å². The standard InChI is InChI=1S/C25H29FN8O2/c1-33-9-11-34(12-10-33)23(36)17-28-19-5-3-7-21(15-19)31-25-29-16-22(26)24(32-25)30-20-6-2-4-18(14-20)27-8-13-35/h2-7,14-17,27,35H,8-13H2,1H3,(H2,29,30,31,32). The van der Waals surface area contributed by atoms with Crippen LogP contribution >= 0.6 is 0 Å². The van der Waals surface area contributed by atoms with E-state index in [0.717, 1.165) is 25.0 Å². The summed E-state index contributed by atoms with van der Waals surface area (Å²) >= 11 is 0. The summed E-state index contributed by atoms with van der Waals surface area (Å²) < 4.78 is 14.4. The van der Waals surface area contributed by atoms with Crippen LogP contribution in [0.25, 0.3) is 0 Å². The lowest BCUT2D eigenvalue weighted by molar-refractivity contribution is -0.125. The number of likely N-dealkylation sites (N-methyl/N-ethyl adjacent to an activating group) is 1. The first-order valence-corrected chi connectivity index (χ1v) is 11.6. The number of halogens is 1. The predicted molar refractivity (Wildman–Crippen MR) is 139 cm³/mol. The summed E-state index contributed by atoms with van der Waals surface area (Å²) in [6.07, 6.45) is 2.42. The molecule has 2 aromatic carbocycles. The van der Waals surface area contributed by atoms with Crippen LogP contribution in [0, 0.1) is 5.82 Å². The summed E-state index contributed by atoms with van der Waals surface area (Å²) in [5.74, 6) is -0.508. The van der Waals surface area contributed by atoms with Crippen LogP contribution in [-0.4, -0.2) is 83.4 Å². The molecule has 1 amide bonds. The lowest BCUT2D eigenvalue weighted by Gasteiger charge is -2.31. The number of aliphatic imine (C=N–C) groups is 1. The number of piperazine rings is 1. The number of aromatic nitrogens is 2. The van der Waals surface area contributed by atoms with Crippen LogP contribution in [0.5, 0.6) is 0 Å². The number of amides is 1. The summed E-state index contributed by atoms with van der Waals surface area (Å²) in [5.41, 5.74) is 2.65. The molecule has 1 aliphatic heterocycles. The number of anilines is 5. The molecular formula is C25H29FN8O2. The van der Waals surface area contributed by atoms with Crippen LogP contribution in [0.1, 0.15) is 0 Å². The van der Waals surface area contributed by atoms with Crippen molar-refractivity contribution in [1.29, 1.82) is 0 Å². The zero-order valence-electron chi connectivity index (χ0n) is 20.0. The van der Waals surface area contributed by atoms with Gasteiger partial charge < -0.3 is 30.9 Å². The van der Waals surface area contributed by atoms with E-state index in [1.54, 1.807) is 47.4 Å². The van der Waals surface area contributed by atoms with Crippen molar-refractivity contribution in [1.82, 2.24) is 19.8 Å². The number of benzene rings is 2. The maximum absolute atomic E-state index is 14.4. The highest BCUT2D eigenvalue weighted by Crippen LogP contribution is 2.24. The van der Waals surface area contributed by atoms with Crippen molar-refractivity contribution < 1.29 is 14.3 Å². The fourth-order valence-corrected chi connectivity index (χ4v) is 3.59. The van der Waals surface area contributed by atoms with Crippen LogP contribution in [0.2, 0.25) is 0 Å². The molecule has 4 N–H and O–H groups in total. The molecule has 0 radical (unpaired) electrons. The third kappa shape index (κ3) is 6.96. The van der Waals surface area contributed by atoms with Gasteiger partial charge in [-0.05, 0) is 43.4 Å². The highest BCUT2D eigenvalue weighted by Gasteiger charge is 2.17. The second-order valence-electron chi connectivity index (χ2n) is 8.31. The monoisotopic (exact) mass is 492 g/mol. The van der Waals surface area contributed by atoms with Crippen molar-refractivity contribution in [2.24, 2.45) is 4.99 Å². The first-order chi connectivity index (χ1) is 17.5. The number of carbonyl (C=O) groups excluding carboxylic acids is 1. The van der Waals surface area contributed by atoms with Crippen molar-refractivity contribution in [3.05, 3.63) is 60.5 Å². The van der Waals surface area contributed by atoms with E-state index in [1.165, 1.54) is 6.21 Å². The molecule has 1 saturated heterocycles. The minimum absolute atomic E-state index is 0.00625. The van der Waals surface area contributed by atoms with Gasteiger partial charge in [-0.1, -0.05) is 12.1 Å². The van der Waals surface area contributed by atoms with Crippen molar-refractivity contribution in [2.75, 3.05) is 62.3 Å². The Morgan fingerprint density at radius 3 is 2.58 bits per heavy atom. The van der Waals surface area contributed by atoms with Gasteiger partial charge >= 0.3 is 0 Å². The van der Waals surface area contributed by atoms with E-state index in [1.807, 2.05) is 13.1 Å². The average molecular weight is 493 g/mol. The second kappa shape index (κ2) is 12.0. The third-order valence-corrected chi connectivity index (χ3v) is 5.55. The minimum Gasteiger partial charge on any atom is -0.395 e. The van der Waals surface area contributed by atoms with E-state index in [9.17, 15) is 9.18 Å². The third-order valence-electron chi connectivity index (χ3n) is 5.55. The number of nitrogens with zero attached hydrogens (tertiary/aromatic N) is 5. The maximum Gasteiger partial charge on any atom is 0.265 e. The normalized spacial score (nSPS) is 14.1. The Morgan fingerprint density at radius 1 is 1.08 bits per heavy atom. The molecule has 2 heterocycles. The van der Waals surface area contributed by atoms with Crippen LogP contribution in [-0.2, 0) is 4.79 Å². The van der Waals surface area contributed by atoms with Crippen LogP contribution in [0.4, 0.5) is 38.9 Å². The molecule has 0 aliphatic carbocycles. The number of aliphatic hydroxyl groups excluding tert-OH is 1. The first-order valence-electron chi connectivity index (χ1n) is 11.6. The van der Waals surface area contributed by atoms with Gasteiger partial charge in [0.2, 0.25) is 5.95 Å². The van der Waals surface area contributed by atoms with Crippen LogP contribution < -0.4 is 16.0 Å². The Bertz CT molecular complexity index is 1210. The lowest BCUT2D eigenvalue weighted by Crippen LogP contribution is -2.47. The number of carbonyl (C=O) groups is 1. The summed E-state index contributed by atoms with van der Waals surface area (Å²) in [7, 11) is 2.04. The Morgan fingerprint density at radius 2 is 1.81 bits per heavy atom. The van der Waals surface area contributed by atoms with E-state index >= 15 is 0 Å². The summed E-state index contributed by atoms with van der Waals surface area (Å²) in [4.78, 5) is 29.0. The second-order valence-corrected chi connectivity index (χ2v) is 8.31. The maximum atomic E-state index is 14.4. The molecule has 0 spiro atoms. The lowest BCUT2D eigenvalue weighted by atomic mass is 10.2. The molecular weight excluding hydrogens is 463 g/mol. The smallest absolute Gasteiger partial charge is 0.265 e. The topological polar surface area (TPSA) is 118 Å². The summed E-state index contributed by atoms with van der Waals surface area (Å²) in [6.45, 7) is 3.48. The van der Waals surface area contributed by atoms with Crippen LogP contribution in [0.15, 0.2) is 59.7 Å². The molecule has 4 rings (SSSR count). The zero-order chi connectivity index (χ0) is 25.3. The highest BCUT2D eigenvalue weighted by atomic mass is 19.1. The highest BCUT2D eigenvalue weighted by molar-refractivity contribution is 6.26.